The molecule has 112 valence electrons. The topological polar surface area (TPSA) is 85.8 Å². The first-order valence-electron chi connectivity index (χ1n) is 7.67. The van der Waals surface area contributed by atoms with Crippen molar-refractivity contribution in [2.24, 2.45) is 5.92 Å². The van der Waals surface area contributed by atoms with Crippen molar-refractivity contribution >= 4 is 28.3 Å². The fraction of sp³-hybridized carbons (Fsp3) is 0.353. The minimum absolute atomic E-state index is 0.0385. The minimum Gasteiger partial charge on any atom is -0.352 e. The van der Waals surface area contributed by atoms with Crippen LogP contribution in [0.5, 0.6) is 0 Å². The van der Waals surface area contributed by atoms with Crippen molar-refractivity contribution in [1.29, 1.82) is 5.41 Å². The Balaban J connectivity index is 1.79. The van der Waals surface area contributed by atoms with Gasteiger partial charge in [-0.2, -0.15) is 0 Å². The molecule has 22 heavy (non-hydrogen) atoms. The molecule has 1 saturated carbocycles. The van der Waals surface area contributed by atoms with Crippen LogP contribution in [0.3, 0.4) is 0 Å². The van der Waals surface area contributed by atoms with Crippen LogP contribution < -0.4 is 5.32 Å². The van der Waals surface area contributed by atoms with Crippen LogP contribution in [-0.2, 0) is 6.42 Å². The number of carbonyl (C=O) groups excluding carboxylic acids is 2. The van der Waals surface area contributed by atoms with Crippen LogP contribution in [0, 0.1) is 11.3 Å². The van der Waals surface area contributed by atoms with E-state index in [1.54, 1.807) is 6.07 Å². The lowest BCUT2D eigenvalue weighted by molar-refractivity contribution is 0.0956. The number of aromatic nitrogens is 1. The maximum Gasteiger partial charge on any atom is 0.251 e. The Kier molecular flexibility index (Phi) is 2.89. The molecule has 0 unspecified atom stereocenters. The highest BCUT2D eigenvalue weighted by Crippen LogP contribution is 2.33. The van der Waals surface area contributed by atoms with Gasteiger partial charge >= 0.3 is 0 Å². The van der Waals surface area contributed by atoms with E-state index >= 15 is 0 Å². The summed E-state index contributed by atoms with van der Waals surface area (Å²) < 4.78 is 0. The maximum atomic E-state index is 12.6. The van der Waals surface area contributed by atoms with E-state index in [1.807, 2.05) is 12.1 Å². The number of Topliss-reactive ketones (excluding diaryl/α,β-unsaturated/α-hetero) is 1. The molecule has 1 aliphatic heterocycles. The normalized spacial score (nSPS) is 17.2. The number of hydrogen-bond donors (Lipinski definition) is 3. The monoisotopic (exact) mass is 295 g/mol. The summed E-state index contributed by atoms with van der Waals surface area (Å²) in [6.45, 7) is 0.529. The Morgan fingerprint density at radius 3 is 2.91 bits per heavy atom. The number of H-pyrrole nitrogens is 1. The van der Waals surface area contributed by atoms with E-state index in [4.69, 9.17) is 5.41 Å². The van der Waals surface area contributed by atoms with E-state index in [0.29, 0.717) is 35.9 Å². The summed E-state index contributed by atoms with van der Waals surface area (Å²) in [5.74, 6) is 0.183. The van der Waals surface area contributed by atoms with Crippen molar-refractivity contribution < 1.29 is 9.59 Å². The van der Waals surface area contributed by atoms with Crippen LogP contribution in [0.25, 0.3) is 10.9 Å². The lowest BCUT2D eigenvalue weighted by Gasteiger charge is -2.04. The van der Waals surface area contributed by atoms with Crippen molar-refractivity contribution in [2.45, 2.75) is 25.7 Å². The number of nitrogens with one attached hydrogen (secondary N) is 3. The van der Waals surface area contributed by atoms with Gasteiger partial charge in [0.1, 0.15) is 0 Å². The van der Waals surface area contributed by atoms with Crippen molar-refractivity contribution in [3.63, 3.8) is 0 Å². The zero-order valence-corrected chi connectivity index (χ0v) is 12.2. The van der Waals surface area contributed by atoms with Gasteiger partial charge in [0.2, 0.25) is 0 Å². The molecule has 1 aromatic carbocycles. The van der Waals surface area contributed by atoms with Crippen LogP contribution in [0.15, 0.2) is 18.2 Å². The van der Waals surface area contributed by atoms with Crippen molar-refractivity contribution in [3.05, 3.63) is 35.0 Å². The van der Waals surface area contributed by atoms with Crippen LogP contribution in [0.4, 0.5) is 0 Å². The number of benzene rings is 1. The second-order valence-corrected chi connectivity index (χ2v) is 6.11. The molecule has 0 saturated heterocycles. The predicted molar refractivity (Wildman–Crippen MR) is 83.7 cm³/mol. The van der Waals surface area contributed by atoms with Crippen molar-refractivity contribution in [1.82, 2.24) is 10.3 Å². The average molecular weight is 295 g/mol. The SMILES string of the molecule is N=C(CC(=O)c1[nH]c2cccc3c2c1CCNC3=O)C1CC1. The molecule has 1 aromatic heterocycles. The quantitative estimate of drug-likeness (QED) is 0.598. The standard InChI is InChI=1S/C17H17N3O2/c18-12(9-4-5-9)8-14(21)16-10-6-7-19-17(22)11-2-1-3-13(20-16)15(10)11/h1-3,9,18,20H,4-8H2,(H,19,22). The summed E-state index contributed by atoms with van der Waals surface area (Å²) in [6.07, 6.45) is 2.89. The molecule has 5 nitrogen and oxygen atoms in total. The van der Waals surface area contributed by atoms with Gasteiger partial charge < -0.3 is 15.7 Å². The van der Waals surface area contributed by atoms with E-state index in [9.17, 15) is 9.59 Å². The molecule has 4 rings (SSSR count). The molecule has 2 heterocycles. The van der Waals surface area contributed by atoms with Crippen molar-refractivity contribution in [3.8, 4) is 0 Å². The highest BCUT2D eigenvalue weighted by atomic mass is 16.1. The fourth-order valence-electron chi connectivity index (χ4n) is 3.23. The van der Waals surface area contributed by atoms with E-state index in [2.05, 4.69) is 10.3 Å². The highest BCUT2D eigenvalue weighted by molar-refractivity contribution is 6.15. The summed E-state index contributed by atoms with van der Waals surface area (Å²) in [4.78, 5) is 27.9. The second-order valence-electron chi connectivity index (χ2n) is 6.11. The summed E-state index contributed by atoms with van der Waals surface area (Å²) in [5, 5.41) is 11.7. The molecule has 0 atom stereocenters. The first-order valence-corrected chi connectivity index (χ1v) is 7.67. The number of aromatic amines is 1. The molecule has 0 radical (unpaired) electrons. The zero-order valence-electron chi connectivity index (χ0n) is 12.2. The number of ketones is 1. The summed E-state index contributed by atoms with van der Waals surface area (Å²) in [7, 11) is 0. The van der Waals surface area contributed by atoms with Crippen LogP contribution in [0.2, 0.25) is 0 Å². The molecule has 5 heteroatoms. The van der Waals surface area contributed by atoms with Gasteiger partial charge in [-0.05, 0) is 42.9 Å². The van der Waals surface area contributed by atoms with Gasteiger partial charge in [-0.25, -0.2) is 0 Å². The molecule has 2 aromatic rings. The van der Waals surface area contributed by atoms with Crippen LogP contribution >= 0.6 is 0 Å². The van der Waals surface area contributed by atoms with Gasteiger partial charge in [0.05, 0.1) is 12.1 Å². The smallest absolute Gasteiger partial charge is 0.251 e. The lowest BCUT2D eigenvalue weighted by Crippen LogP contribution is -2.23. The zero-order chi connectivity index (χ0) is 15.3. The molecule has 1 amide bonds. The average Bonchev–Trinajstić information content (AvgIpc) is 3.29. The van der Waals surface area contributed by atoms with Crippen LogP contribution in [-0.4, -0.2) is 28.9 Å². The Bertz CT molecular complexity index is 815. The Hall–Kier alpha value is -2.43. The summed E-state index contributed by atoms with van der Waals surface area (Å²) in [6, 6.07) is 5.51. The first kappa shape index (κ1) is 13.2. The Morgan fingerprint density at radius 1 is 1.32 bits per heavy atom. The van der Waals surface area contributed by atoms with Gasteiger partial charge in [0, 0.05) is 28.7 Å². The van der Waals surface area contributed by atoms with Gasteiger partial charge in [-0.15, -0.1) is 0 Å². The first-order chi connectivity index (χ1) is 10.6. The molecule has 3 N–H and O–H groups in total. The number of rotatable bonds is 4. The number of hydrogen-bond acceptors (Lipinski definition) is 3. The van der Waals surface area contributed by atoms with E-state index in [1.165, 1.54) is 0 Å². The molecule has 1 aliphatic carbocycles. The van der Waals surface area contributed by atoms with E-state index in [-0.39, 0.29) is 18.1 Å². The minimum atomic E-state index is -0.0897. The number of amides is 1. The third-order valence-corrected chi connectivity index (χ3v) is 4.53. The largest absolute Gasteiger partial charge is 0.352 e. The van der Waals surface area contributed by atoms with Gasteiger partial charge in [-0.1, -0.05) is 6.07 Å². The second kappa shape index (κ2) is 4.80. The Morgan fingerprint density at radius 2 is 2.14 bits per heavy atom. The molecule has 0 spiro atoms. The van der Waals surface area contributed by atoms with Crippen LogP contribution in [0.1, 0.15) is 45.7 Å². The third kappa shape index (κ3) is 2.04. The van der Waals surface area contributed by atoms with Gasteiger partial charge in [0.15, 0.2) is 5.78 Å². The Labute approximate surface area is 127 Å². The summed E-state index contributed by atoms with van der Waals surface area (Å²) in [5.41, 5.74) is 3.48. The fourth-order valence-corrected chi connectivity index (χ4v) is 3.23. The predicted octanol–water partition coefficient (Wildman–Crippen LogP) is 2.46. The molecule has 1 fully saturated rings. The third-order valence-electron chi connectivity index (χ3n) is 4.53. The van der Waals surface area contributed by atoms with Gasteiger partial charge in [-0.3, -0.25) is 9.59 Å². The highest BCUT2D eigenvalue weighted by Gasteiger charge is 2.30. The maximum absolute atomic E-state index is 12.6. The molecular formula is C17H17N3O2. The van der Waals surface area contributed by atoms with E-state index < -0.39 is 0 Å². The summed E-state index contributed by atoms with van der Waals surface area (Å²) >= 11 is 0. The van der Waals surface area contributed by atoms with E-state index in [0.717, 1.165) is 29.3 Å². The number of carbonyl (C=O) groups is 2. The molecular weight excluding hydrogens is 278 g/mol. The molecule has 0 bridgehead atoms. The molecule has 2 aliphatic rings. The van der Waals surface area contributed by atoms with Gasteiger partial charge in [0.25, 0.3) is 5.91 Å². The van der Waals surface area contributed by atoms with Crippen molar-refractivity contribution in [2.75, 3.05) is 6.54 Å². The lowest BCUT2D eigenvalue weighted by atomic mass is 10.00.